The summed E-state index contributed by atoms with van der Waals surface area (Å²) in [4.78, 5) is 10.1. The number of rotatable bonds is 3. The first kappa shape index (κ1) is 12.4. The van der Waals surface area contributed by atoms with E-state index >= 15 is 0 Å². The molecule has 4 heteroatoms. The summed E-state index contributed by atoms with van der Waals surface area (Å²) in [5, 5.41) is 2.59. The summed E-state index contributed by atoms with van der Waals surface area (Å²) in [7, 11) is 0. The summed E-state index contributed by atoms with van der Waals surface area (Å²) in [5.74, 6) is 1.52. The fourth-order valence-electron chi connectivity index (χ4n) is 1.36. The van der Waals surface area contributed by atoms with Crippen LogP contribution >= 0.6 is 0 Å². The lowest BCUT2D eigenvalue weighted by Gasteiger charge is -2.18. The van der Waals surface area contributed by atoms with Gasteiger partial charge in [0.05, 0.1) is 0 Å². The van der Waals surface area contributed by atoms with Gasteiger partial charge in [-0.15, -0.1) is 0 Å². The number of amides is 1. The standard InChI is InChI=1S/C10H11NO3.C2H6.H2/c12-7-11-6-8-1-2-9-10(5-8)14-4-3-13-9;1-2;/h1-2,5,7H,3-4,6H2,(H,11,12);1-2H3;1H. The lowest BCUT2D eigenvalue weighted by Crippen LogP contribution is -2.16. The monoisotopic (exact) mass is 225 g/mol. The molecule has 2 rings (SSSR count). The van der Waals surface area contributed by atoms with Crippen LogP contribution in [0.2, 0.25) is 0 Å². The molecule has 1 aromatic carbocycles. The number of ether oxygens (including phenoxy) is 2. The van der Waals surface area contributed by atoms with Crippen LogP contribution in [-0.4, -0.2) is 19.6 Å². The SMILES string of the molecule is CC.O=CNCc1ccc2c(c1)OCCO2.[HH]. The predicted molar refractivity (Wildman–Crippen MR) is 63.8 cm³/mol. The van der Waals surface area contributed by atoms with Crippen molar-refractivity contribution < 1.29 is 15.7 Å². The minimum absolute atomic E-state index is 0. The molecule has 0 spiro atoms. The first-order valence-electron chi connectivity index (χ1n) is 5.46. The Morgan fingerprint density at radius 2 is 2.00 bits per heavy atom. The second-order valence-electron chi connectivity index (χ2n) is 2.98. The third kappa shape index (κ3) is 3.15. The zero-order valence-corrected chi connectivity index (χ0v) is 9.66. The Labute approximate surface area is 97.0 Å². The molecular weight excluding hydrogens is 206 g/mol. The van der Waals surface area contributed by atoms with E-state index in [0.29, 0.717) is 26.2 Å². The van der Waals surface area contributed by atoms with Gasteiger partial charge in [0.25, 0.3) is 0 Å². The van der Waals surface area contributed by atoms with E-state index in [9.17, 15) is 4.79 Å². The van der Waals surface area contributed by atoms with Gasteiger partial charge in [-0.25, -0.2) is 0 Å². The van der Waals surface area contributed by atoms with Crippen LogP contribution in [0.3, 0.4) is 0 Å². The molecule has 1 aliphatic rings. The van der Waals surface area contributed by atoms with Crippen LogP contribution in [0.25, 0.3) is 0 Å². The molecule has 4 nitrogen and oxygen atoms in total. The van der Waals surface area contributed by atoms with Crippen molar-refractivity contribution in [2.24, 2.45) is 0 Å². The number of hydrogen-bond acceptors (Lipinski definition) is 3. The van der Waals surface area contributed by atoms with E-state index < -0.39 is 0 Å². The number of carbonyl (C=O) groups is 1. The average Bonchev–Trinajstić information content (AvgIpc) is 2.38. The maximum atomic E-state index is 10.1. The summed E-state index contributed by atoms with van der Waals surface area (Å²) >= 11 is 0. The van der Waals surface area contributed by atoms with E-state index in [1.54, 1.807) is 0 Å². The van der Waals surface area contributed by atoms with Gasteiger partial charge < -0.3 is 14.8 Å². The topological polar surface area (TPSA) is 47.6 Å². The highest BCUT2D eigenvalue weighted by molar-refractivity contribution is 5.48. The van der Waals surface area contributed by atoms with Crippen molar-refractivity contribution in [2.75, 3.05) is 13.2 Å². The van der Waals surface area contributed by atoms with Crippen LogP contribution < -0.4 is 14.8 Å². The molecule has 1 N–H and O–H groups in total. The molecule has 0 fully saturated rings. The zero-order chi connectivity index (χ0) is 11.8. The van der Waals surface area contributed by atoms with E-state index in [1.165, 1.54) is 0 Å². The number of carbonyl (C=O) groups excluding carboxylic acids is 1. The molecule has 90 valence electrons. The molecule has 0 unspecified atom stereocenters. The number of benzene rings is 1. The van der Waals surface area contributed by atoms with Gasteiger partial charge in [-0.2, -0.15) is 0 Å². The fraction of sp³-hybridized carbons (Fsp3) is 0.417. The van der Waals surface area contributed by atoms with Crippen LogP contribution in [0.15, 0.2) is 18.2 Å². The maximum Gasteiger partial charge on any atom is 0.207 e. The van der Waals surface area contributed by atoms with Crippen LogP contribution in [-0.2, 0) is 11.3 Å². The first-order chi connectivity index (χ1) is 7.90. The molecule has 16 heavy (non-hydrogen) atoms. The summed E-state index contributed by atoms with van der Waals surface area (Å²) < 4.78 is 10.8. The minimum atomic E-state index is 0. The molecule has 0 saturated heterocycles. The largest absolute Gasteiger partial charge is 0.486 e. The molecule has 0 atom stereocenters. The second kappa shape index (κ2) is 6.71. The average molecular weight is 225 g/mol. The van der Waals surface area contributed by atoms with Crippen LogP contribution in [0.1, 0.15) is 20.8 Å². The van der Waals surface area contributed by atoms with Crippen molar-refractivity contribution in [3.63, 3.8) is 0 Å². The Morgan fingerprint density at radius 3 is 2.69 bits per heavy atom. The summed E-state index contributed by atoms with van der Waals surface area (Å²) in [5.41, 5.74) is 1.00. The van der Waals surface area contributed by atoms with Gasteiger partial charge in [0.1, 0.15) is 13.2 Å². The lowest BCUT2D eigenvalue weighted by molar-refractivity contribution is -0.109. The molecule has 0 bridgehead atoms. The van der Waals surface area contributed by atoms with E-state index in [0.717, 1.165) is 17.1 Å². The summed E-state index contributed by atoms with van der Waals surface area (Å²) in [6.45, 7) is 5.69. The predicted octanol–water partition coefficient (Wildman–Crippen LogP) is 1.98. The Morgan fingerprint density at radius 1 is 1.31 bits per heavy atom. The summed E-state index contributed by atoms with van der Waals surface area (Å²) in [6, 6.07) is 5.64. The normalized spacial score (nSPS) is 12.1. The van der Waals surface area contributed by atoms with Crippen molar-refractivity contribution in [1.29, 1.82) is 0 Å². The van der Waals surface area contributed by atoms with Gasteiger partial charge in [0, 0.05) is 7.97 Å². The zero-order valence-electron chi connectivity index (χ0n) is 9.66. The van der Waals surface area contributed by atoms with Crippen LogP contribution in [0.5, 0.6) is 11.5 Å². The Bertz CT molecular complexity index is 345. The highest BCUT2D eigenvalue weighted by Crippen LogP contribution is 2.30. The van der Waals surface area contributed by atoms with Crippen molar-refractivity contribution >= 4 is 6.41 Å². The molecule has 1 aliphatic heterocycles. The van der Waals surface area contributed by atoms with E-state index in [-0.39, 0.29) is 1.43 Å². The number of fused-ring (bicyclic) bond motifs is 1. The van der Waals surface area contributed by atoms with Crippen molar-refractivity contribution in [3.05, 3.63) is 23.8 Å². The third-order valence-corrected chi connectivity index (χ3v) is 2.00. The number of nitrogens with one attached hydrogen (secondary N) is 1. The van der Waals surface area contributed by atoms with Crippen molar-refractivity contribution in [1.82, 2.24) is 5.32 Å². The molecular formula is C12H19NO3. The quantitative estimate of drug-likeness (QED) is 0.800. The van der Waals surface area contributed by atoms with Crippen LogP contribution in [0.4, 0.5) is 0 Å². The molecule has 1 amide bonds. The molecule has 0 radical (unpaired) electrons. The van der Waals surface area contributed by atoms with Gasteiger partial charge in [0.15, 0.2) is 11.5 Å². The number of hydrogen-bond donors (Lipinski definition) is 1. The van der Waals surface area contributed by atoms with Crippen molar-refractivity contribution in [3.8, 4) is 11.5 Å². The highest BCUT2D eigenvalue weighted by atomic mass is 16.6. The van der Waals surface area contributed by atoms with Crippen LogP contribution in [0, 0.1) is 0 Å². The van der Waals surface area contributed by atoms with E-state index in [2.05, 4.69) is 5.32 Å². The highest BCUT2D eigenvalue weighted by Gasteiger charge is 2.10. The van der Waals surface area contributed by atoms with E-state index in [1.807, 2.05) is 32.0 Å². The third-order valence-electron chi connectivity index (χ3n) is 2.00. The van der Waals surface area contributed by atoms with Gasteiger partial charge >= 0.3 is 0 Å². The Balaban J connectivity index is 0.000000811. The molecule has 0 saturated carbocycles. The van der Waals surface area contributed by atoms with Gasteiger partial charge in [-0.3, -0.25) is 4.79 Å². The molecule has 0 aliphatic carbocycles. The molecule has 1 aromatic rings. The second-order valence-corrected chi connectivity index (χ2v) is 2.98. The fourth-order valence-corrected chi connectivity index (χ4v) is 1.36. The van der Waals surface area contributed by atoms with Gasteiger partial charge in [-0.1, -0.05) is 19.9 Å². The van der Waals surface area contributed by atoms with Crippen molar-refractivity contribution in [2.45, 2.75) is 20.4 Å². The van der Waals surface area contributed by atoms with Gasteiger partial charge in [-0.05, 0) is 17.7 Å². The smallest absolute Gasteiger partial charge is 0.207 e. The Hall–Kier alpha value is -1.71. The first-order valence-corrected chi connectivity index (χ1v) is 5.46. The summed E-state index contributed by atoms with van der Waals surface area (Å²) in [6.07, 6.45) is 0.677. The Kier molecular flexibility index (Phi) is 5.19. The van der Waals surface area contributed by atoms with Gasteiger partial charge in [0.2, 0.25) is 6.41 Å². The molecule has 1 heterocycles. The van der Waals surface area contributed by atoms with E-state index in [4.69, 9.17) is 9.47 Å². The minimum Gasteiger partial charge on any atom is -0.486 e. The molecule has 0 aromatic heterocycles. The lowest BCUT2D eigenvalue weighted by atomic mass is 10.2. The maximum absolute atomic E-state index is 10.1.